The monoisotopic (exact) mass is 489 g/mol. The van der Waals surface area contributed by atoms with Crippen LogP contribution >= 0.6 is 0 Å². The number of hydrogen-bond acceptors (Lipinski definition) is 4. The quantitative estimate of drug-likeness (QED) is 0.186. The Morgan fingerprint density at radius 3 is 2.41 bits per heavy atom. The number of fused-ring (bicyclic) bond motifs is 2. The van der Waals surface area contributed by atoms with E-state index in [1.807, 2.05) is 38.1 Å². The van der Waals surface area contributed by atoms with Crippen molar-refractivity contribution >= 4 is 44.7 Å². The Morgan fingerprint density at radius 1 is 0.919 bits per heavy atom. The molecule has 37 heavy (non-hydrogen) atoms. The smallest absolute Gasteiger partial charge is 0.248 e. The predicted octanol–water partition coefficient (Wildman–Crippen LogP) is 7.90. The van der Waals surface area contributed by atoms with Crippen molar-refractivity contribution in [3.8, 4) is 16.9 Å². The molecule has 0 radical (unpaired) electrons. The van der Waals surface area contributed by atoms with Crippen molar-refractivity contribution < 1.29 is 18.7 Å². The summed E-state index contributed by atoms with van der Waals surface area (Å²) in [5.74, 6) is 0.370. The first-order valence-electron chi connectivity index (χ1n) is 12.2. The highest BCUT2D eigenvalue weighted by molar-refractivity contribution is 6.06. The number of amides is 1. The largest absolute Gasteiger partial charge is 0.493 e. The van der Waals surface area contributed by atoms with Gasteiger partial charge in [0.1, 0.15) is 11.3 Å². The minimum atomic E-state index is -0.266. The Labute approximate surface area is 215 Å². The van der Waals surface area contributed by atoms with Crippen molar-refractivity contribution in [3.63, 3.8) is 0 Å². The second-order valence-corrected chi connectivity index (χ2v) is 8.94. The number of anilines is 1. The van der Waals surface area contributed by atoms with Crippen molar-refractivity contribution in [3.05, 3.63) is 102 Å². The van der Waals surface area contributed by atoms with Gasteiger partial charge in [-0.1, -0.05) is 36.4 Å². The first-order chi connectivity index (χ1) is 17.9. The zero-order valence-corrected chi connectivity index (χ0v) is 21.0. The van der Waals surface area contributed by atoms with Gasteiger partial charge in [-0.3, -0.25) is 9.59 Å². The lowest BCUT2D eigenvalue weighted by molar-refractivity contribution is -0.111. The number of benzene rings is 4. The number of hydrogen-bond donors (Lipinski definition) is 1. The third kappa shape index (κ3) is 5.02. The SMILES string of the molecule is CCOc1cc2occ(-c3ccc4ccccc4c3)c2cc1/C(C)=C/C(=O)Nc1ccc(C(C)=O)cc1. The van der Waals surface area contributed by atoms with Crippen LogP contribution in [0.2, 0.25) is 0 Å². The van der Waals surface area contributed by atoms with Gasteiger partial charge in [-0.05, 0) is 79.1 Å². The Kier molecular flexibility index (Phi) is 6.60. The summed E-state index contributed by atoms with van der Waals surface area (Å²) in [6.07, 6.45) is 3.32. The Morgan fingerprint density at radius 2 is 1.68 bits per heavy atom. The summed E-state index contributed by atoms with van der Waals surface area (Å²) in [6.45, 7) is 5.81. The van der Waals surface area contributed by atoms with Gasteiger partial charge < -0.3 is 14.5 Å². The molecule has 0 saturated heterocycles. The van der Waals surface area contributed by atoms with Gasteiger partial charge >= 0.3 is 0 Å². The van der Waals surface area contributed by atoms with Gasteiger partial charge in [0.2, 0.25) is 5.91 Å². The second-order valence-electron chi connectivity index (χ2n) is 8.94. The standard InChI is InChI=1S/C32H27NO4/c1-4-36-30-18-31-28(29(19-37-31)25-10-9-23-7-5-6-8-24(23)16-25)17-27(30)20(2)15-32(35)33-26-13-11-22(12-14-26)21(3)34/h5-19H,4H2,1-3H3,(H,33,35)/b20-15+. The van der Waals surface area contributed by atoms with Crippen LogP contribution in [-0.4, -0.2) is 18.3 Å². The van der Waals surface area contributed by atoms with E-state index in [-0.39, 0.29) is 11.7 Å². The Bertz CT molecular complexity index is 1660. The summed E-state index contributed by atoms with van der Waals surface area (Å²) in [6, 6.07) is 25.3. The van der Waals surface area contributed by atoms with Crippen molar-refractivity contribution in [2.75, 3.05) is 11.9 Å². The molecular weight excluding hydrogens is 462 g/mol. The maximum Gasteiger partial charge on any atom is 0.248 e. The van der Waals surface area contributed by atoms with Gasteiger partial charge in [0, 0.05) is 39.9 Å². The zero-order chi connectivity index (χ0) is 25.9. The number of ether oxygens (including phenoxy) is 1. The molecule has 5 heteroatoms. The highest BCUT2D eigenvalue weighted by Gasteiger charge is 2.16. The van der Waals surface area contributed by atoms with E-state index in [4.69, 9.17) is 9.15 Å². The van der Waals surface area contributed by atoms with Crippen LogP contribution in [0.5, 0.6) is 5.75 Å². The van der Waals surface area contributed by atoms with E-state index in [1.165, 1.54) is 12.3 Å². The lowest BCUT2D eigenvalue weighted by Crippen LogP contribution is -2.09. The normalized spacial score (nSPS) is 11.6. The van der Waals surface area contributed by atoms with Crippen molar-refractivity contribution in [1.82, 2.24) is 0 Å². The fourth-order valence-corrected chi connectivity index (χ4v) is 4.46. The zero-order valence-electron chi connectivity index (χ0n) is 21.0. The highest BCUT2D eigenvalue weighted by atomic mass is 16.5. The first-order valence-corrected chi connectivity index (χ1v) is 12.2. The third-order valence-electron chi connectivity index (χ3n) is 6.37. The van der Waals surface area contributed by atoms with Crippen LogP contribution in [0, 0.1) is 0 Å². The van der Waals surface area contributed by atoms with Crippen LogP contribution < -0.4 is 10.1 Å². The number of ketones is 1. The topological polar surface area (TPSA) is 68.5 Å². The molecule has 1 amide bonds. The summed E-state index contributed by atoms with van der Waals surface area (Å²) in [4.78, 5) is 24.3. The minimum absolute atomic E-state index is 0.0187. The lowest BCUT2D eigenvalue weighted by Gasteiger charge is -2.12. The maximum absolute atomic E-state index is 12.8. The van der Waals surface area contributed by atoms with E-state index in [0.717, 1.165) is 38.6 Å². The van der Waals surface area contributed by atoms with E-state index < -0.39 is 0 Å². The van der Waals surface area contributed by atoms with E-state index in [9.17, 15) is 9.59 Å². The molecule has 0 bridgehead atoms. The van der Waals surface area contributed by atoms with E-state index >= 15 is 0 Å². The minimum Gasteiger partial charge on any atom is -0.493 e. The Hall–Kier alpha value is -4.64. The summed E-state index contributed by atoms with van der Waals surface area (Å²) < 4.78 is 11.8. The van der Waals surface area contributed by atoms with Gasteiger partial charge in [-0.2, -0.15) is 0 Å². The number of allylic oxidation sites excluding steroid dienone is 1. The summed E-state index contributed by atoms with van der Waals surface area (Å²) in [5.41, 5.74) is 5.55. The average Bonchev–Trinajstić information content (AvgIpc) is 3.31. The van der Waals surface area contributed by atoms with Crippen LogP contribution in [0.15, 0.2) is 95.6 Å². The van der Waals surface area contributed by atoms with E-state index in [1.54, 1.807) is 36.6 Å². The van der Waals surface area contributed by atoms with E-state index in [0.29, 0.717) is 23.6 Å². The summed E-state index contributed by atoms with van der Waals surface area (Å²) in [5, 5.41) is 6.14. The molecule has 0 atom stereocenters. The molecule has 1 aromatic heterocycles. The van der Waals surface area contributed by atoms with Gasteiger partial charge in [0.15, 0.2) is 5.78 Å². The molecule has 0 aliphatic heterocycles. The van der Waals surface area contributed by atoms with Crippen LogP contribution in [0.4, 0.5) is 5.69 Å². The molecule has 0 fully saturated rings. The maximum atomic E-state index is 12.8. The summed E-state index contributed by atoms with van der Waals surface area (Å²) in [7, 11) is 0. The van der Waals surface area contributed by atoms with Crippen LogP contribution in [0.3, 0.4) is 0 Å². The third-order valence-corrected chi connectivity index (χ3v) is 6.37. The molecule has 0 unspecified atom stereocenters. The van der Waals surface area contributed by atoms with Gasteiger partial charge in [-0.25, -0.2) is 0 Å². The molecule has 0 saturated carbocycles. The Balaban J connectivity index is 1.50. The van der Waals surface area contributed by atoms with Crippen molar-refractivity contribution in [1.29, 1.82) is 0 Å². The van der Waals surface area contributed by atoms with Crippen molar-refractivity contribution in [2.24, 2.45) is 0 Å². The first kappa shape index (κ1) is 24.1. The van der Waals surface area contributed by atoms with Gasteiger partial charge in [0.25, 0.3) is 0 Å². The molecule has 1 N–H and O–H groups in total. The second kappa shape index (κ2) is 10.2. The molecule has 4 aromatic carbocycles. The lowest BCUT2D eigenvalue weighted by atomic mass is 9.97. The fourth-order valence-electron chi connectivity index (χ4n) is 4.46. The molecule has 0 aliphatic carbocycles. The molecule has 5 nitrogen and oxygen atoms in total. The molecule has 5 aromatic rings. The van der Waals surface area contributed by atoms with Crippen molar-refractivity contribution in [2.45, 2.75) is 20.8 Å². The van der Waals surface area contributed by atoms with E-state index in [2.05, 4.69) is 35.6 Å². The predicted molar refractivity (Wildman–Crippen MR) is 149 cm³/mol. The van der Waals surface area contributed by atoms with Crippen LogP contribution in [0.25, 0.3) is 38.4 Å². The molecule has 1 heterocycles. The fraction of sp³-hybridized carbons (Fsp3) is 0.125. The van der Waals surface area contributed by atoms with Gasteiger partial charge in [-0.15, -0.1) is 0 Å². The molecule has 0 aliphatic rings. The number of furan rings is 1. The molecule has 184 valence electrons. The van der Waals surface area contributed by atoms with Crippen LogP contribution in [-0.2, 0) is 4.79 Å². The number of carbonyl (C=O) groups is 2. The molecule has 5 rings (SSSR count). The van der Waals surface area contributed by atoms with Gasteiger partial charge in [0.05, 0.1) is 12.9 Å². The van der Waals surface area contributed by atoms with Crippen LogP contribution in [0.1, 0.15) is 36.7 Å². The molecule has 0 spiro atoms. The number of carbonyl (C=O) groups excluding carboxylic acids is 2. The number of Topliss-reactive ketones (excluding diaryl/α,β-unsaturated/α-hetero) is 1. The number of rotatable bonds is 7. The number of nitrogens with one attached hydrogen (secondary N) is 1. The highest BCUT2D eigenvalue weighted by Crippen LogP contribution is 2.38. The summed E-state index contributed by atoms with van der Waals surface area (Å²) >= 11 is 0. The average molecular weight is 490 g/mol. The molecular formula is C32H27NO4.